The minimum absolute atomic E-state index is 0.487. The number of hydrogen-bond acceptors (Lipinski definition) is 4. The molecule has 0 saturated carbocycles. The second-order valence-corrected chi connectivity index (χ2v) is 5.33. The highest BCUT2D eigenvalue weighted by Gasteiger charge is 2.23. The number of piperazine rings is 1. The van der Waals surface area contributed by atoms with Crippen LogP contribution in [0.5, 0.6) is 0 Å². The minimum atomic E-state index is -3.43. The smallest absolute Gasteiger partial charge is 0.301 e. The van der Waals surface area contributed by atoms with Crippen molar-refractivity contribution in [3.63, 3.8) is 0 Å². The van der Waals surface area contributed by atoms with Crippen LogP contribution in [0.4, 0.5) is 5.69 Å². The first-order valence-electron chi connectivity index (χ1n) is 5.05. The molecule has 1 aromatic rings. The van der Waals surface area contributed by atoms with Gasteiger partial charge >= 0.3 is 10.2 Å². The van der Waals surface area contributed by atoms with Crippen molar-refractivity contribution in [1.82, 2.24) is 19.4 Å². The summed E-state index contributed by atoms with van der Waals surface area (Å²) in [5.74, 6) is 0. The van der Waals surface area contributed by atoms with Gasteiger partial charge in [0.1, 0.15) is 0 Å². The predicted octanol–water partition coefficient (Wildman–Crippen LogP) is -1.02. The van der Waals surface area contributed by atoms with Gasteiger partial charge in [0, 0.05) is 39.4 Å². The zero-order valence-electron chi connectivity index (χ0n) is 9.05. The van der Waals surface area contributed by atoms with E-state index >= 15 is 0 Å². The number of aryl methyl sites for hydroxylation is 1. The Hall–Kier alpha value is -1.12. The summed E-state index contributed by atoms with van der Waals surface area (Å²) in [6, 6.07) is 0. The van der Waals surface area contributed by atoms with Crippen LogP contribution in [0.3, 0.4) is 0 Å². The van der Waals surface area contributed by atoms with Gasteiger partial charge < -0.3 is 5.32 Å². The Morgan fingerprint density at radius 2 is 2.12 bits per heavy atom. The SMILES string of the molecule is Cn1cc(NS(=O)(=O)N2CCNCC2)cn1. The molecule has 16 heavy (non-hydrogen) atoms. The van der Waals surface area contributed by atoms with Gasteiger partial charge in [-0.15, -0.1) is 0 Å². The van der Waals surface area contributed by atoms with E-state index in [4.69, 9.17) is 0 Å². The molecule has 1 aliphatic rings. The van der Waals surface area contributed by atoms with Crippen molar-refractivity contribution in [2.75, 3.05) is 30.9 Å². The average Bonchev–Trinajstić information content (AvgIpc) is 2.64. The first kappa shape index (κ1) is 11.4. The lowest BCUT2D eigenvalue weighted by molar-refractivity contribution is 0.362. The summed E-state index contributed by atoms with van der Waals surface area (Å²) in [5, 5.41) is 7.01. The van der Waals surface area contributed by atoms with Crippen LogP contribution in [0.2, 0.25) is 0 Å². The molecule has 0 aliphatic carbocycles. The van der Waals surface area contributed by atoms with Crippen LogP contribution in [0.15, 0.2) is 12.4 Å². The van der Waals surface area contributed by atoms with Gasteiger partial charge in [-0.2, -0.15) is 17.8 Å². The summed E-state index contributed by atoms with van der Waals surface area (Å²) < 4.78 is 29.3. The number of anilines is 1. The fourth-order valence-electron chi connectivity index (χ4n) is 1.57. The third kappa shape index (κ3) is 2.52. The van der Waals surface area contributed by atoms with Crippen molar-refractivity contribution in [2.45, 2.75) is 0 Å². The highest BCUT2D eigenvalue weighted by Crippen LogP contribution is 2.10. The standard InChI is InChI=1S/C8H15N5O2S/c1-12-7-8(6-10-12)11-16(14,15)13-4-2-9-3-5-13/h6-7,9,11H,2-5H2,1H3. The van der Waals surface area contributed by atoms with Crippen LogP contribution >= 0.6 is 0 Å². The molecule has 0 unspecified atom stereocenters. The number of nitrogens with zero attached hydrogens (tertiary/aromatic N) is 3. The topological polar surface area (TPSA) is 79.3 Å². The lowest BCUT2D eigenvalue weighted by Gasteiger charge is -2.26. The predicted molar refractivity (Wildman–Crippen MR) is 60.2 cm³/mol. The maximum Gasteiger partial charge on any atom is 0.301 e. The zero-order chi connectivity index (χ0) is 11.6. The molecule has 0 amide bonds. The Balaban J connectivity index is 2.07. The van der Waals surface area contributed by atoms with Gasteiger partial charge in [-0.05, 0) is 0 Å². The van der Waals surface area contributed by atoms with E-state index in [1.807, 2.05) is 0 Å². The Bertz CT molecular complexity index is 449. The molecule has 1 fully saturated rings. The Morgan fingerprint density at radius 1 is 1.44 bits per heavy atom. The van der Waals surface area contributed by atoms with Crippen molar-refractivity contribution in [2.24, 2.45) is 7.05 Å². The van der Waals surface area contributed by atoms with Crippen molar-refractivity contribution >= 4 is 15.9 Å². The Morgan fingerprint density at radius 3 is 2.69 bits per heavy atom. The molecule has 7 nitrogen and oxygen atoms in total. The van der Waals surface area contributed by atoms with Gasteiger partial charge in [-0.3, -0.25) is 9.40 Å². The molecular weight excluding hydrogens is 230 g/mol. The molecule has 0 atom stereocenters. The molecule has 8 heteroatoms. The van der Waals surface area contributed by atoms with Gasteiger partial charge in [0.15, 0.2) is 0 Å². The van der Waals surface area contributed by atoms with Crippen molar-refractivity contribution in [3.8, 4) is 0 Å². The maximum atomic E-state index is 11.9. The van der Waals surface area contributed by atoms with Crippen LogP contribution in [0.25, 0.3) is 0 Å². The number of aromatic nitrogens is 2. The van der Waals surface area contributed by atoms with E-state index < -0.39 is 10.2 Å². The molecule has 90 valence electrons. The summed E-state index contributed by atoms with van der Waals surface area (Å²) in [6.45, 7) is 2.37. The normalized spacial score (nSPS) is 18.6. The fourth-order valence-corrected chi connectivity index (χ4v) is 2.77. The Labute approximate surface area is 94.6 Å². The van der Waals surface area contributed by atoms with Crippen molar-refractivity contribution in [1.29, 1.82) is 0 Å². The summed E-state index contributed by atoms with van der Waals surface area (Å²) in [6.07, 6.45) is 3.11. The van der Waals surface area contributed by atoms with Gasteiger partial charge in [-0.1, -0.05) is 0 Å². The van der Waals surface area contributed by atoms with Gasteiger partial charge in [0.05, 0.1) is 11.9 Å². The van der Waals surface area contributed by atoms with Crippen LogP contribution in [-0.2, 0) is 17.3 Å². The monoisotopic (exact) mass is 245 g/mol. The van der Waals surface area contributed by atoms with Crippen molar-refractivity contribution in [3.05, 3.63) is 12.4 Å². The molecule has 0 bridgehead atoms. The molecule has 0 spiro atoms. The molecule has 0 radical (unpaired) electrons. The van der Waals surface area contributed by atoms with E-state index in [2.05, 4.69) is 15.1 Å². The largest absolute Gasteiger partial charge is 0.314 e. The number of nitrogens with one attached hydrogen (secondary N) is 2. The minimum Gasteiger partial charge on any atom is -0.314 e. The summed E-state index contributed by atoms with van der Waals surface area (Å²) in [5.41, 5.74) is 0.487. The van der Waals surface area contributed by atoms with Gasteiger partial charge in [-0.25, -0.2) is 0 Å². The van der Waals surface area contributed by atoms with E-state index in [0.29, 0.717) is 31.9 Å². The van der Waals surface area contributed by atoms with Crippen LogP contribution in [0, 0.1) is 0 Å². The molecule has 0 aromatic carbocycles. The second-order valence-electron chi connectivity index (χ2n) is 3.66. The van der Waals surface area contributed by atoms with E-state index in [0.717, 1.165) is 0 Å². The van der Waals surface area contributed by atoms with Crippen LogP contribution in [-0.4, -0.2) is 48.7 Å². The van der Waals surface area contributed by atoms with E-state index in [1.54, 1.807) is 17.9 Å². The average molecular weight is 245 g/mol. The molecule has 2 N–H and O–H groups in total. The summed E-state index contributed by atoms with van der Waals surface area (Å²) in [4.78, 5) is 0. The van der Waals surface area contributed by atoms with Crippen LogP contribution in [0.1, 0.15) is 0 Å². The third-order valence-corrected chi connectivity index (χ3v) is 3.91. The summed E-state index contributed by atoms with van der Waals surface area (Å²) >= 11 is 0. The second kappa shape index (κ2) is 4.40. The third-order valence-electron chi connectivity index (χ3n) is 2.37. The first-order valence-corrected chi connectivity index (χ1v) is 6.49. The highest BCUT2D eigenvalue weighted by atomic mass is 32.2. The Kier molecular flexibility index (Phi) is 3.13. The zero-order valence-corrected chi connectivity index (χ0v) is 9.87. The lowest BCUT2D eigenvalue weighted by atomic mass is 10.4. The summed E-state index contributed by atoms with van der Waals surface area (Å²) in [7, 11) is -1.69. The first-order chi connectivity index (χ1) is 7.58. The molecule has 2 heterocycles. The van der Waals surface area contributed by atoms with Crippen molar-refractivity contribution < 1.29 is 8.42 Å². The molecule has 1 saturated heterocycles. The van der Waals surface area contributed by atoms with E-state index in [-0.39, 0.29) is 0 Å². The van der Waals surface area contributed by atoms with Crippen LogP contribution < -0.4 is 10.0 Å². The number of hydrogen-bond donors (Lipinski definition) is 2. The van der Waals surface area contributed by atoms with Gasteiger partial charge in [0.25, 0.3) is 0 Å². The molecule has 1 aromatic heterocycles. The molecular formula is C8H15N5O2S. The lowest BCUT2D eigenvalue weighted by Crippen LogP contribution is -2.48. The molecule has 1 aliphatic heterocycles. The maximum absolute atomic E-state index is 11.9. The quantitative estimate of drug-likeness (QED) is 0.714. The van der Waals surface area contributed by atoms with E-state index in [1.165, 1.54) is 10.5 Å². The van der Waals surface area contributed by atoms with E-state index in [9.17, 15) is 8.42 Å². The number of rotatable bonds is 3. The van der Waals surface area contributed by atoms with Gasteiger partial charge in [0.2, 0.25) is 0 Å². The highest BCUT2D eigenvalue weighted by molar-refractivity contribution is 7.90. The fraction of sp³-hybridized carbons (Fsp3) is 0.625. The molecule has 2 rings (SSSR count).